The Hall–Kier alpha value is -1.32. The lowest BCUT2D eigenvalue weighted by molar-refractivity contribution is 0.419. The van der Waals surface area contributed by atoms with Gasteiger partial charge in [-0.25, -0.2) is 4.98 Å². The van der Waals surface area contributed by atoms with Crippen molar-refractivity contribution in [3.63, 3.8) is 0 Å². The van der Waals surface area contributed by atoms with Crippen LogP contribution in [0.5, 0.6) is 0 Å². The quantitative estimate of drug-likeness (QED) is 0.762. The van der Waals surface area contributed by atoms with E-state index in [9.17, 15) is 0 Å². The average Bonchev–Trinajstić information content (AvgIpc) is 2.37. The van der Waals surface area contributed by atoms with Crippen molar-refractivity contribution in [3.05, 3.63) is 12.4 Å². The molecule has 1 aromatic rings. The standard InChI is InChI=1S/C13H24N4/c1-5-13(6-2,7-3)17-12-10-14-9-11(16-12)15-8-4/h9-10H,5-8H2,1-4H3,(H2,15,16,17). The van der Waals surface area contributed by atoms with Crippen LogP contribution in [-0.2, 0) is 0 Å². The molecule has 0 atom stereocenters. The minimum Gasteiger partial charge on any atom is -0.369 e. The minimum atomic E-state index is 0.138. The van der Waals surface area contributed by atoms with Gasteiger partial charge >= 0.3 is 0 Å². The van der Waals surface area contributed by atoms with Crippen molar-refractivity contribution >= 4 is 11.6 Å². The summed E-state index contributed by atoms with van der Waals surface area (Å²) in [5.74, 6) is 1.68. The molecule has 0 aliphatic heterocycles. The number of rotatable bonds is 7. The minimum absolute atomic E-state index is 0.138. The van der Waals surface area contributed by atoms with Gasteiger partial charge in [0, 0.05) is 12.1 Å². The Kier molecular flexibility index (Phi) is 5.19. The monoisotopic (exact) mass is 236 g/mol. The fraction of sp³-hybridized carbons (Fsp3) is 0.692. The maximum atomic E-state index is 4.51. The van der Waals surface area contributed by atoms with E-state index >= 15 is 0 Å². The molecule has 0 aliphatic carbocycles. The second-order valence-corrected chi connectivity index (χ2v) is 4.29. The molecular formula is C13H24N4. The maximum absolute atomic E-state index is 4.51. The third kappa shape index (κ3) is 3.58. The van der Waals surface area contributed by atoms with E-state index in [0.29, 0.717) is 0 Å². The van der Waals surface area contributed by atoms with E-state index in [2.05, 4.69) is 48.3 Å². The van der Waals surface area contributed by atoms with Crippen molar-refractivity contribution in [2.24, 2.45) is 0 Å². The Labute approximate surface area is 104 Å². The summed E-state index contributed by atoms with van der Waals surface area (Å²) >= 11 is 0. The van der Waals surface area contributed by atoms with Crippen molar-refractivity contribution in [1.29, 1.82) is 0 Å². The summed E-state index contributed by atoms with van der Waals surface area (Å²) in [6.07, 6.45) is 6.81. The molecular weight excluding hydrogens is 212 g/mol. The van der Waals surface area contributed by atoms with Crippen LogP contribution in [0.4, 0.5) is 11.6 Å². The molecule has 0 saturated carbocycles. The summed E-state index contributed by atoms with van der Waals surface area (Å²) < 4.78 is 0. The zero-order valence-electron chi connectivity index (χ0n) is 11.4. The normalized spacial score (nSPS) is 11.3. The van der Waals surface area contributed by atoms with Crippen LogP contribution >= 0.6 is 0 Å². The number of hydrogen-bond acceptors (Lipinski definition) is 4. The summed E-state index contributed by atoms with van der Waals surface area (Å²) in [4.78, 5) is 8.71. The van der Waals surface area contributed by atoms with Gasteiger partial charge in [0.1, 0.15) is 11.6 Å². The highest BCUT2D eigenvalue weighted by molar-refractivity contribution is 5.43. The van der Waals surface area contributed by atoms with E-state index in [1.54, 1.807) is 12.4 Å². The molecule has 17 heavy (non-hydrogen) atoms. The van der Waals surface area contributed by atoms with Crippen LogP contribution in [0.2, 0.25) is 0 Å². The molecule has 1 heterocycles. The van der Waals surface area contributed by atoms with Crippen molar-refractivity contribution in [2.75, 3.05) is 17.2 Å². The molecule has 0 amide bonds. The summed E-state index contributed by atoms with van der Waals surface area (Å²) in [5.41, 5.74) is 0.138. The van der Waals surface area contributed by atoms with Gasteiger partial charge in [0.05, 0.1) is 12.4 Å². The average molecular weight is 236 g/mol. The van der Waals surface area contributed by atoms with Gasteiger partial charge in [-0.2, -0.15) is 0 Å². The van der Waals surface area contributed by atoms with Crippen molar-refractivity contribution in [1.82, 2.24) is 9.97 Å². The van der Waals surface area contributed by atoms with Crippen LogP contribution in [-0.4, -0.2) is 22.1 Å². The lowest BCUT2D eigenvalue weighted by atomic mass is 9.90. The Balaban J connectivity index is 2.82. The largest absolute Gasteiger partial charge is 0.369 e. The predicted octanol–water partition coefficient (Wildman–Crippen LogP) is 3.29. The van der Waals surface area contributed by atoms with Crippen molar-refractivity contribution in [3.8, 4) is 0 Å². The number of anilines is 2. The second kappa shape index (κ2) is 6.42. The highest BCUT2D eigenvalue weighted by Gasteiger charge is 2.23. The van der Waals surface area contributed by atoms with Crippen LogP contribution in [0.1, 0.15) is 47.0 Å². The van der Waals surface area contributed by atoms with Gasteiger partial charge in [-0.3, -0.25) is 4.98 Å². The molecule has 4 nitrogen and oxygen atoms in total. The maximum Gasteiger partial charge on any atom is 0.147 e. The third-order valence-electron chi connectivity index (χ3n) is 3.42. The zero-order chi connectivity index (χ0) is 12.7. The van der Waals surface area contributed by atoms with Crippen LogP contribution in [0.3, 0.4) is 0 Å². The van der Waals surface area contributed by atoms with E-state index < -0.39 is 0 Å². The van der Waals surface area contributed by atoms with Crippen LogP contribution in [0.15, 0.2) is 12.4 Å². The van der Waals surface area contributed by atoms with Crippen molar-refractivity contribution in [2.45, 2.75) is 52.5 Å². The van der Waals surface area contributed by atoms with Gasteiger partial charge in [-0.15, -0.1) is 0 Å². The zero-order valence-corrected chi connectivity index (χ0v) is 11.4. The smallest absolute Gasteiger partial charge is 0.147 e. The third-order valence-corrected chi connectivity index (χ3v) is 3.42. The van der Waals surface area contributed by atoms with Crippen LogP contribution < -0.4 is 10.6 Å². The van der Waals surface area contributed by atoms with Gasteiger partial charge in [-0.1, -0.05) is 20.8 Å². The number of aromatic nitrogens is 2. The number of nitrogens with zero attached hydrogens (tertiary/aromatic N) is 2. The molecule has 1 aromatic heterocycles. The van der Waals surface area contributed by atoms with Gasteiger partial charge in [-0.05, 0) is 26.2 Å². The molecule has 96 valence electrons. The molecule has 0 unspecified atom stereocenters. The predicted molar refractivity (Wildman–Crippen MR) is 73.4 cm³/mol. The molecule has 0 aliphatic rings. The lowest BCUT2D eigenvalue weighted by Crippen LogP contribution is -2.36. The first-order valence-corrected chi connectivity index (χ1v) is 6.53. The molecule has 0 aromatic carbocycles. The van der Waals surface area contributed by atoms with Gasteiger partial charge in [0.15, 0.2) is 0 Å². The van der Waals surface area contributed by atoms with E-state index in [1.165, 1.54) is 0 Å². The molecule has 2 N–H and O–H groups in total. The summed E-state index contributed by atoms with van der Waals surface area (Å²) in [7, 11) is 0. The van der Waals surface area contributed by atoms with Crippen LogP contribution in [0, 0.1) is 0 Å². The van der Waals surface area contributed by atoms with E-state index in [4.69, 9.17) is 0 Å². The first kappa shape index (κ1) is 13.7. The van der Waals surface area contributed by atoms with E-state index in [0.717, 1.165) is 37.4 Å². The Bertz CT molecular complexity index is 326. The fourth-order valence-corrected chi connectivity index (χ4v) is 1.98. The highest BCUT2D eigenvalue weighted by atomic mass is 15.1. The lowest BCUT2D eigenvalue weighted by Gasteiger charge is -2.32. The molecule has 0 fully saturated rings. The summed E-state index contributed by atoms with van der Waals surface area (Å²) in [6.45, 7) is 9.54. The second-order valence-electron chi connectivity index (χ2n) is 4.29. The molecule has 0 bridgehead atoms. The van der Waals surface area contributed by atoms with Gasteiger partial charge in [0.2, 0.25) is 0 Å². The van der Waals surface area contributed by atoms with Gasteiger partial charge < -0.3 is 10.6 Å². The highest BCUT2D eigenvalue weighted by Crippen LogP contribution is 2.24. The molecule has 0 radical (unpaired) electrons. The first-order chi connectivity index (χ1) is 8.19. The molecule has 0 saturated heterocycles. The van der Waals surface area contributed by atoms with Crippen LogP contribution in [0.25, 0.3) is 0 Å². The fourth-order valence-electron chi connectivity index (χ4n) is 1.98. The van der Waals surface area contributed by atoms with E-state index in [-0.39, 0.29) is 5.54 Å². The Morgan fingerprint density at radius 1 is 1.00 bits per heavy atom. The Morgan fingerprint density at radius 3 is 2.12 bits per heavy atom. The van der Waals surface area contributed by atoms with Gasteiger partial charge in [0.25, 0.3) is 0 Å². The molecule has 1 rings (SSSR count). The van der Waals surface area contributed by atoms with Crippen molar-refractivity contribution < 1.29 is 0 Å². The van der Waals surface area contributed by atoms with E-state index in [1.807, 2.05) is 0 Å². The molecule has 0 spiro atoms. The number of nitrogens with one attached hydrogen (secondary N) is 2. The Morgan fingerprint density at radius 2 is 1.59 bits per heavy atom. The summed E-state index contributed by atoms with van der Waals surface area (Å²) in [6, 6.07) is 0. The summed E-state index contributed by atoms with van der Waals surface area (Å²) in [5, 5.41) is 6.70. The molecule has 4 heteroatoms. The first-order valence-electron chi connectivity index (χ1n) is 6.53. The number of hydrogen-bond donors (Lipinski definition) is 2. The topological polar surface area (TPSA) is 49.8 Å². The SMILES string of the molecule is CCNc1cncc(NC(CC)(CC)CC)n1.